The Morgan fingerprint density at radius 1 is 1.53 bits per heavy atom. The molecule has 0 saturated heterocycles. The highest BCUT2D eigenvalue weighted by Crippen LogP contribution is 2.30. The number of nitrogens with two attached hydrogens (primary N) is 1. The van der Waals surface area contributed by atoms with Crippen LogP contribution >= 0.6 is 0 Å². The first-order valence-corrected chi connectivity index (χ1v) is 6.82. The third-order valence-corrected chi connectivity index (χ3v) is 3.04. The summed E-state index contributed by atoms with van der Waals surface area (Å²) in [6.07, 6.45) is 2.32. The minimum absolute atomic E-state index is 0.106. The summed E-state index contributed by atoms with van der Waals surface area (Å²) in [5, 5.41) is 13.8. The molecule has 3 N–H and O–H groups in total. The van der Waals surface area contributed by atoms with E-state index in [4.69, 9.17) is 5.73 Å². The van der Waals surface area contributed by atoms with Gasteiger partial charge >= 0.3 is 5.69 Å². The Morgan fingerprint density at radius 3 is 2.82 bits per heavy atom. The molecule has 0 aromatic heterocycles. The number of nitrogens with zero attached hydrogens (tertiary/aromatic N) is 1. The van der Waals surface area contributed by atoms with Gasteiger partial charge in [0, 0.05) is 29.4 Å². The molecule has 1 aromatic rings. The van der Waals surface area contributed by atoms with Gasteiger partial charge in [0.15, 0.2) is 0 Å². The number of nitro benzene ring substituents is 1. The highest BCUT2D eigenvalue weighted by Gasteiger charge is 2.16. The van der Waals surface area contributed by atoms with E-state index in [9.17, 15) is 14.3 Å². The van der Waals surface area contributed by atoms with Gasteiger partial charge in [-0.1, -0.05) is 6.07 Å². The first-order chi connectivity index (χ1) is 8.02. The quantitative estimate of drug-likeness (QED) is 0.347. The number of nitro groups is 1. The Kier molecular flexibility index (Phi) is 4.89. The van der Waals surface area contributed by atoms with Gasteiger partial charge in [-0.05, 0) is 18.6 Å². The Bertz CT molecular complexity index is 437. The highest BCUT2D eigenvalue weighted by atomic mass is 32.2. The van der Waals surface area contributed by atoms with Crippen LogP contribution in [0.4, 0.5) is 17.1 Å². The summed E-state index contributed by atoms with van der Waals surface area (Å²) in [6.45, 7) is 0.532. The molecule has 17 heavy (non-hydrogen) atoms. The van der Waals surface area contributed by atoms with Gasteiger partial charge in [-0.3, -0.25) is 14.3 Å². The largest absolute Gasteiger partial charge is 0.393 e. The van der Waals surface area contributed by atoms with Gasteiger partial charge in [0.1, 0.15) is 11.4 Å². The van der Waals surface area contributed by atoms with Gasteiger partial charge in [-0.25, -0.2) is 0 Å². The van der Waals surface area contributed by atoms with Gasteiger partial charge in [0.2, 0.25) is 0 Å². The van der Waals surface area contributed by atoms with E-state index < -0.39 is 15.7 Å². The Hall–Kier alpha value is -1.63. The molecule has 1 unspecified atom stereocenters. The normalized spacial score (nSPS) is 12.1. The molecule has 0 aliphatic heterocycles. The van der Waals surface area contributed by atoms with Crippen LogP contribution in [0.2, 0.25) is 0 Å². The maximum atomic E-state index is 10.8. The van der Waals surface area contributed by atoms with E-state index in [1.165, 1.54) is 6.07 Å². The van der Waals surface area contributed by atoms with Crippen molar-refractivity contribution >= 4 is 27.9 Å². The number of hydrogen-bond donors (Lipinski definition) is 2. The van der Waals surface area contributed by atoms with E-state index in [1.54, 1.807) is 18.4 Å². The molecule has 7 heteroatoms. The van der Waals surface area contributed by atoms with Crippen LogP contribution < -0.4 is 11.1 Å². The molecule has 1 atom stereocenters. The summed E-state index contributed by atoms with van der Waals surface area (Å²) in [5.41, 5.74) is 5.98. The summed E-state index contributed by atoms with van der Waals surface area (Å²) in [4.78, 5) is 10.3. The zero-order valence-corrected chi connectivity index (χ0v) is 10.3. The summed E-state index contributed by atoms with van der Waals surface area (Å²) in [7, 11) is -0.841. The van der Waals surface area contributed by atoms with Crippen molar-refractivity contribution in [2.24, 2.45) is 0 Å². The molecule has 0 radical (unpaired) electrons. The predicted molar refractivity (Wildman–Crippen MR) is 69.5 cm³/mol. The van der Waals surface area contributed by atoms with E-state index >= 15 is 0 Å². The third-order valence-electron chi connectivity index (χ3n) is 2.17. The van der Waals surface area contributed by atoms with Crippen molar-refractivity contribution in [3.63, 3.8) is 0 Å². The number of benzene rings is 1. The van der Waals surface area contributed by atoms with Crippen LogP contribution in [-0.4, -0.2) is 27.7 Å². The number of anilines is 2. The second-order valence-electron chi connectivity index (χ2n) is 3.56. The van der Waals surface area contributed by atoms with Crippen LogP contribution in [0.5, 0.6) is 0 Å². The zero-order chi connectivity index (χ0) is 12.8. The lowest BCUT2D eigenvalue weighted by molar-refractivity contribution is -0.383. The summed E-state index contributed by atoms with van der Waals surface area (Å²) in [6, 6.07) is 4.75. The molecular formula is C10H15N3O3S. The molecular weight excluding hydrogens is 242 g/mol. The van der Waals surface area contributed by atoms with Gasteiger partial charge < -0.3 is 11.1 Å². The van der Waals surface area contributed by atoms with Crippen LogP contribution in [0.3, 0.4) is 0 Å². The van der Waals surface area contributed by atoms with Crippen molar-refractivity contribution < 1.29 is 9.13 Å². The second kappa shape index (κ2) is 6.19. The fraction of sp³-hybridized carbons (Fsp3) is 0.400. The molecule has 0 fully saturated rings. The SMILES string of the molecule is CS(=O)CCCNc1cccc(N)c1[N+](=O)[O-]. The van der Waals surface area contributed by atoms with Gasteiger partial charge in [-0.15, -0.1) is 0 Å². The lowest BCUT2D eigenvalue weighted by Gasteiger charge is -2.07. The molecule has 0 aliphatic rings. The van der Waals surface area contributed by atoms with E-state index in [0.717, 1.165) is 0 Å². The molecule has 6 nitrogen and oxygen atoms in total. The molecule has 0 saturated carbocycles. The lowest BCUT2D eigenvalue weighted by atomic mass is 10.2. The average Bonchev–Trinajstić information content (AvgIpc) is 2.23. The molecule has 0 spiro atoms. The summed E-state index contributed by atoms with van der Waals surface area (Å²) in [5.74, 6) is 0.573. The number of hydrogen-bond acceptors (Lipinski definition) is 5. The fourth-order valence-corrected chi connectivity index (χ4v) is 1.96. The van der Waals surface area contributed by atoms with Crippen molar-refractivity contribution in [2.75, 3.05) is 29.6 Å². The van der Waals surface area contributed by atoms with Gasteiger partial charge in [0.25, 0.3) is 0 Å². The third kappa shape index (κ3) is 4.03. The fourth-order valence-electron chi connectivity index (χ4n) is 1.41. The second-order valence-corrected chi connectivity index (χ2v) is 5.11. The number of nitrogens with one attached hydrogen (secondary N) is 1. The first-order valence-electron chi connectivity index (χ1n) is 5.09. The van der Waals surface area contributed by atoms with E-state index in [2.05, 4.69) is 5.32 Å². The molecule has 1 rings (SSSR count). The smallest absolute Gasteiger partial charge is 0.314 e. The highest BCUT2D eigenvalue weighted by molar-refractivity contribution is 7.84. The Morgan fingerprint density at radius 2 is 2.24 bits per heavy atom. The Labute approximate surface area is 102 Å². The van der Waals surface area contributed by atoms with Crippen molar-refractivity contribution in [1.82, 2.24) is 0 Å². The van der Waals surface area contributed by atoms with E-state index in [0.29, 0.717) is 24.4 Å². The Balaban J connectivity index is 2.67. The number of rotatable bonds is 6. The lowest BCUT2D eigenvalue weighted by Crippen LogP contribution is -2.08. The zero-order valence-electron chi connectivity index (χ0n) is 9.51. The summed E-state index contributed by atoms with van der Waals surface area (Å²) < 4.78 is 10.8. The standard InChI is InChI=1S/C10H15N3O3S/c1-17(16)7-3-6-12-9-5-2-4-8(11)10(9)13(14)15/h2,4-5,12H,3,6-7,11H2,1H3. The minimum atomic E-state index is -0.841. The van der Waals surface area contributed by atoms with Crippen molar-refractivity contribution in [2.45, 2.75) is 6.42 Å². The molecule has 0 aliphatic carbocycles. The maximum Gasteiger partial charge on any atom is 0.314 e. The van der Waals surface area contributed by atoms with E-state index in [1.807, 2.05) is 0 Å². The number of nitrogen functional groups attached to an aromatic ring is 1. The van der Waals surface area contributed by atoms with Crippen LogP contribution in [0.25, 0.3) is 0 Å². The van der Waals surface area contributed by atoms with Crippen LogP contribution in [-0.2, 0) is 10.8 Å². The average molecular weight is 257 g/mol. The summed E-state index contributed by atoms with van der Waals surface area (Å²) >= 11 is 0. The van der Waals surface area contributed by atoms with Crippen molar-refractivity contribution in [1.29, 1.82) is 0 Å². The molecule has 0 amide bonds. The van der Waals surface area contributed by atoms with Crippen molar-refractivity contribution in [3.05, 3.63) is 28.3 Å². The first kappa shape index (κ1) is 13.4. The van der Waals surface area contributed by atoms with Crippen LogP contribution in [0, 0.1) is 10.1 Å². The topological polar surface area (TPSA) is 98.3 Å². The molecule has 0 bridgehead atoms. The molecule has 94 valence electrons. The van der Waals surface area contributed by atoms with Crippen molar-refractivity contribution in [3.8, 4) is 0 Å². The van der Waals surface area contributed by atoms with Gasteiger partial charge in [0.05, 0.1) is 4.92 Å². The minimum Gasteiger partial charge on any atom is -0.393 e. The van der Waals surface area contributed by atoms with Crippen LogP contribution in [0.15, 0.2) is 18.2 Å². The molecule has 0 heterocycles. The maximum absolute atomic E-state index is 10.8. The van der Waals surface area contributed by atoms with Gasteiger partial charge in [-0.2, -0.15) is 0 Å². The predicted octanol–water partition coefficient (Wildman–Crippen LogP) is 1.36. The number of para-hydroxylation sites is 1. The molecule has 1 aromatic carbocycles. The van der Waals surface area contributed by atoms with E-state index in [-0.39, 0.29) is 11.4 Å². The van der Waals surface area contributed by atoms with Crippen LogP contribution in [0.1, 0.15) is 6.42 Å². The monoisotopic (exact) mass is 257 g/mol.